The minimum Gasteiger partial charge on any atom is -0.338 e. The van der Waals surface area contributed by atoms with Crippen LogP contribution in [0.15, 0.2) is 47.8 Å². The zero-order chi connectivity index (χ0) is 15.2. The lowest BCUT2D eigenvalue weighted by Crippen LogP contribution is -2.38. The third-order valence-corrected chi connectivity index (χ3v) is 4.59. The van der Waals surface area contributed by atoms with Gasteiger partial charge in [0.05, 0.1) is 12.5 Å². The number of hydrogen-bond acceptors (Lipinski definition) is 3. The normalized spacial score (nSPS) is 13.7. The van der Waals surface area contributed by atoms with Crippen LogP contribution in [-0.4, -0.2) is 17.4 Å². The number of carbonyl (C=O) groups excluding carboxylic acids is 1. The highest BCUT2D eigenvalue weighted by atomic mass is 32.1. The van der Waals surface area contributed by atoms with E-state index in [0.29, 0.717) is 13.1 Å². The van der Waals surface area contributed by atoms with Crippen molar-refractivity contribution in [1.29, 1.82) is 0 Å². The third kappa shape index (κ3) is 3.93. The van der Waals surface area contributed by atoms with Gasteiger partial charge >= 0.3 is 0 Å². The van der Waals surface area contributed by atoms with Crippen molar-refractivity contribution in [3.63, 3.8) is 0 Å². The first-order valence-electron chi connectivity index (χ1n) is 7.25. The molecule has 2 N–H and O–H groups in total. The highest BCUT2D eigenvalue weighted by Crippen LogP contribution is 2.22. The predicted molar refractivity (Wildman–Crippen MR) is 87.9 cm³/mol. The summed E-state index contributed by atoms with van der Waals surface area (Å²) >= 11 is 1.68. The standard InChI is InChI=1S/C17H22N2OS/c1-3-19(12-15-10-7-11-21-15)17(20)13(2)16(18)14-8-5-4-6-9-14/h4-11,13,16H,3,12,18H2,1-2H3/t13-,16-/m0/s1. The lowest BCUT2D eigenvalue weighted by molar-refractivity contribution is -0.136. The van der Waals surface area contributed by atoms with E-state index < -0.39 is 0 Å². The van der Waals surface area contributed by atoms with Crippen LogP contribution in [0.1, 0.15) is 30.3 Å². The fourth-order valence-electron chi connectivity index (χ4n) is 2.34. The fraction of sp³-hybridized carbons (Fsp3) is 0.353. The van der Waals surface area contributed by atoms with Gasteiger partial charge in [-0.1, -0.05) is 43.3 Å². The summed E-state index contributed by atoms with van der Waals surface area (Å²) in [5.41, 5.74) is 7.27. The average molecular weight is 302 g/mol. The Kier molecular flexibility index (Phi) is 5.53. The maximum atomic E-state index is 12.7. The van der Waals surface area contributed by atoms with Crippen LogP contribution in [0.3, 0.4) is 0 Å². The smallest absolute Gasteiger partial charge is 0.227 e. The molecule has 0 aliphatic rings. The van der Waals surface area contributed by atoms with Crippen LogP contribution in [-0.2, 0) is 11.3 Å². The van der Waals surface area contributed by atoms with Gasteiger partial charge in [-0.05, 0) is 23.9 Å². The molecule has 1 aromatic heterocycles. The van der Waals surface area contributed by atoms with Gasteiger partial charge in [-0.2, -0.15) is 0 Å². The Labute approximate surface area is 130 Å². The number of nitrogens with two attached hydrogens (primary N) is 1. The van der Waals surface area contributed by atoms with Gasteiger partial charge in [0.2, 0.25) is 5.91 Å². The lowest BCUT2D eigenvalue weighted by atomic mass is 9.94. The molecule has 0 unspecified atom stereocenters. The number of benzene rings is 1. The van der Waals surface area contributed by atoms with Gasteiger partial charge in [0.25, 0.3) is 0 Å². The zero-order valence-electron chi connectivity index (χ0n) is 12.5. The molecule has 2 rings (SSSR count). The highest BCUT2D eigenvalue weighted by molar-refractivity contribution is 7.09. The molecule has 4 heteroatoms. The second-order valence-corrected chi connectivity index (χ2v) is 6.19. The summed E-state index contributed by atoms with van der Waals surface area (Å²) in [5.74, 6) is -0.116. The summed E-state index contributed by atoms with van der Waals surface area (Å²) in [7, 11) is 0. The van der Waals surface area contributed by atoms with Crippen LogP contribution in [0.4, 0.5) is 0 Å². The molecule has 0 fully saturated rings. The zero-order valence-corrected chi connectivity index (χ0v) is 13.3. The Morgan fingerprint density at radius 1 is 1.24 bits per heavy atom. The highest BCUT2D eigenvalue weighted by Gasteiger charge is 2.26. The van der Waals surface area contributed by atoms with E-state index in [2.05, 4.69) is 6.07 Å². The maximum Gasteiger partial charge on any atom is 0.227 e. The molecular weight excluding hydrogens is 280 g/mol. The van der Waals surface area contributed by atoms with Gasteiger partial charge in [0.1, 0.15) is 0 Å². The molecule has 0 saturated carbocycles. The topological polar surface area (TPSA) is 46.3 Å². The number of hydrogen-bond donors (Lipinski definition) is 1. The Morgan fingerprint density at radius 2 is 1.95 bits per heavy atom. The molecule has 0 bridgehead atoms. The van der Waals surface area contributed by atoms with Gasteiger partial charge in [-0.15, -0.1) is 11.3 Å². The molecule has 0 aliphatic carbocycles. The second-order valence-electron chi connectivity index (χ2n) is 5.16. The predicted octanol–water partition coefficient (Wildman–Crippen LogP) is 3.43. The van der Waals surface area contributed by atoms with Crippen LogP contribution in [0.2, 0.25) is 0 Å². The van der Waals surface area contributed by atoms with Crippen molar-refractivity contribution in [1.82, 2.24) is 4.90 Å². The Bertz CT molecular complexity index is 553. The van der Waals surface area contributed by atoms with Crippen molar-refractivity contribution in [3.8, 4) is 0 Å². The van der Waals surface area contributed by atoms with E-state index in [0.717, 1.165) is 5.56 Å². The average Bonchev–Trinajstić information content (AvgIpc) is 3.04. The lowest BCUT2D eigenvalue weighted by Gasteiger charge is -2.27. The van der Waals surface area contributed by atoms with Crippen LogP contribution < -0.4 is 5.73 Å². The van der Waals surface area contributed by atoms with Crippen LogP contribution in [0.25, 0.3) is 0 Å². The van der Waals surface area contributed by atoms with Gasteiger partial charge in [0, 0.05) is 17.5 Å². The molecule has 1 heterocycles. The molecule has 0 spiro atoms. The maximum absolute atomic E-state index is 12.7. The SMILES string of the molecule is CCN(Cc1cccs1)C(=O)[C@@H](C)[C@H](N)c1ccccc1. The number of carbonyl (C=O) groups is 1. The van der Waals surface area contributed by atoms with E-state index in [1.165, 1.54) is 4.88 Å². The molecule has 3 nitrogen and oxygen atoms in total. The Balaban J connectivity index is 2.06. The van der Waals surface area contributed by atoms with Crippen molar-refractivity contribution in [2.24, 2.45) is 11.7 Å². The van der Waals surface area contributed by atoms with Crippen molar-refractivity contribution in [2.45, 2.75) is 26.4 Å². The molecular formula is C17H22N2OS. The van der Waals surface area contributed by atoms with E-state index in [1.54, 1.807) is 11.3 Å². The summed E-state index contributed by atoms with van der Waals surface area (Å²) in [6.07, 6.45) is 0. The van der Waals surface area contributed by atoms with Gasteiger partial charge in [-0.25, -0.2) is 0 Å². The Hall–Kier alpha value is -1.65. The number of amides is 1. The van der Waals surface area contributed by atoms with Gasteiger partial charge < -0.3 is 10.6 Å². The monoisotopic (exact) mass is 302 g/mol. The van der Waals surface area contributed by atoms with Crippen molar-refractivity contribution >= 4 is 17.2 Å². The van der Waals surface area contributed by atoms with Crippen molar-refractivity contribution in [2.75, 3.05) is 6.54 Å². The van der Waals surface area contributed by atoms with E-state index >= 15 is 0 Å². The second kappa shape index (κ2) is 7.38. The third-order valence-electron chi connectivity index (χ3n) is 3.73. The minimum absolute atomic E-state index is 0.113. The molecule has 1 amide bonds. The fourth-order valence-corrected chi connectivity index (χ4v) is 3.06. The first kappa shape index (κ1) is 15.7. The molecule has 0 aliphatic heterocycles. The Morgan fingerprint density at radius 3 is 2.52 bits per heavy atom. The van der Waals surface area contributed by atoms with Gasteiger partial charge in [-0.3, -0.25) is 4.79 Å². The molecule has 0 radical (unpaired) electrons. The van der Waals surface area contributed by atoms with Crippen molar-refractivity contribution in [3.05, 3.63) is 58.3 Å². The van der Waals surface area contributed by atoms with Crippen LogP contribution >= 0.6 is 11.3 Å². The van der Waals surface area contributed by atoms with Crippen LogP contribution in [0, 0.1) is 5.92 Å². The summed E-state index contributed by atoms with van der Waals surface area (Å²) < 4.78 is 0. The van der Waals surface area contributed by atoms with Crippen LogP contribution in [0.5, 0.6) is 0 Å². The molecule has 2 aromatic rings. The molecule has 0 saturated heterocycles. The molecule has 2 atom stereocenters. The van der Waals surface area contributed by atoms with E-state index in [4.69, 9.17) is 5.73 Å². The first-order chi connectivity index (χ1) is 10.1. The summed E-state index contributed by atoms with van der Waals surface area (Å²) in [6.45, 7) is 5.28. The quantitative estimate of drug-likeness (QED) is 0.888. The first-order valence-corrected chi connectivity index (χ1v) is 8.13. The van der Waals surface area contributed by atoms with E-state index in [-0.39, 0.29) is 17.9 Å². The number of nitrogens with zero attached hydrogens (tertiary/aromatic N) is 1. The number of rotatable bonds is 6. The molecule has 1 aromatic carbocycles. The summed E-state index contributed by atoms with van der Waals surface area (Å²) in [5, 5.41) is 2.03. The van der Waals surface area contributed by atoms with E-state index in [9.17, 15) is 4.79 Å². The largest absolute Gasteiger partial charge is 0.338 e. The molecule has 112 valence electrons. The summed E-state index contributed by atoms with van der Waals surface area (Å²) in [6, 6.07) is 13.6. The van der Waals surface area contributed by atoms with Gasteiger partial charge in [0.15, 0.2) is 0 Å². The van der Waals surface area contributed by atoms with Crippen molar-refractivity contribution < 1.29 is 4.79 Å². The van der Waals surface area contributed by atoms with E-state index in [1.807, 2.05) is 60.5 Å². The molecule has 21 heavy (non-hydrogen) atoms. The minimum atomic E-state index is -0.268. The summed E-state index contributed by atoms with van der Waals surface area (Å²) in [4.78, 5) is 15.7. The number of thiophene rings is 1.